The smallest absolute Gasteiger partial charge is 0.382 e. The van der Waals surface area contributed by atoms with Gasteiger partial charge in [-0.1, -0.05) is 0 Å². The number of rotatable bonds is 1. The van der Waals surface area contributed by atoms with Crippen molar-refractivity contribution in [3.63, 3.8) is 0 Å². The van der Waals surface area contributed by atoms with Gasteiger partial charge in [0.05, 0.1) is 0 Å². The van der Waals surface area contributed by atoms with Gasteiger partial charge in [0.2, 0.25) is 0 Å². The van der Waals surface area contributed by atoms with E-state index in [-0.39, 0.29) is 18.6 Å². The van der Waals surface area contributed by atoms with Gasteiger partial charge in [0.1, 0.15) is 14.2 Å². The highest BCUT2D eigenvalue weighted by molar-refractivity contribution is 4.86. The Morgan fingerprint density at radius 1 is 0.692 bits per heavy atom. The molecule has 0 fully saturated rings. The summed E-state index contributed by atoms with van der Waals surface area (Å²) < 4.78 is 83.0. The van der Waals surface area contributed by atoms with Gasteiger partial charge in [0.15, 0.2) is 0 Å². The molecule has 0 saturated heterocycles. The Labute approximate surface area is 68.8 Å². The summed E-state index contributed by atoms with van der Waals surface area (Å²) in [6, 6.07) is 0. The molecule has 0 aromatic rings. The van der Waals surface area contributed by atoms with Crippen LogP contribution in [-0.2, 0) is 4.37 Å². The van der Waals surface area contributed by atoms with Crippen LogP contribution >= 0.6 is 0 Å². The molecule has 0 spiro atoms. The molecule has 0 N–H and O–H groups in total. The molecule has 80 valence electrons. The minimum atomic E-state index is -6.04. The van der Waals surface area contributed by atoms with E-state index in [4.69, 9.17) is 0 Å². The molecule has 0 aliphatic heterocycles. The Morgan fingerprint density at radius 3 is 0.923 bits per heavy atom. The SMILES string of the molecule is C[O+](C)C(F)(C(F)(F)F)C(F)(F)F. The monoisotopic (exact) mass is 215 g/mol. The van der Waals surface area contributed by atoms with Gasteiger partial charge in [-0.3, -0.25) is 0 Å². The van der Waals surface area contributed by atoms with Crippen LogP contribution in [-0.4, -0.2) is 32.4 Å². The first-order chi connectivity index (χ1) is 5.44. The second-order valence-corrected chi connectivity index (χ2v) is 2.41. The van der Waals surface area contributed by atoms with Gasteiger partial charge in [-0.05, 0) is 0 Å². The zero-order valence-electron chi connectivity index (χ0n) is 6.55. The number of hydrogen-bond acceptors (Lipinski definition) is 0. The van der Waals surface area contributed by atoms with Crippen molar-refractivity contribution < 1.29 is 35.1 Å². The highest BCUT2D eigenvalue weighted by Crippen LogP contribution is 2.48. The zero-order chi connectivity index (χ0) is 11.1. The van der Waals surface area contributed by atoms with Crippen molar-refractivity contribution in [3.05, 3.63) is 0 Å². The van der Waals surface area contributed by atoms with E-state index in [0.29, 0.717) is 0 Å². The van der Waals surface area contributed by atoms with Crippen molar-refractivity contribution in [1.82, 2.24) is 0 Å². The van der Waals surface area contributed by atoms with Crippen LogP contribution in [0.25, 0.3) is 0 Å². The molecular formula is C5H6F7O+. The lowest BCUT2D eigenvalue weighted by Gasteiger charge is -2.30. The average molecular weight is 215 g/mol. The van der Waals surface area contributed by atoms with E-state index in [1.807, 2.05) is 0 Å². The second kappa shape index (κ2) is 3.00. The summed E-state index contributed by atoms with van der Waals surface area (Å²) in [6.07, 6.45) is -12.1. The molecule has 0 atom stereocenters. The minimum absolute atomic E-state index is 0.257. The molecule has 0 aliphatic carbocycles. The Morgan fingerprint density at radius 2 is 0.923 bits per heavy atom. The maximum atomic E-state index is 12.6. The quantitative estimate of drug-likeness (QED) is 0.467. The van der Waals surface area contributed by atoms with Crippen LogP contribution < -0.4 is 0 Å². The van der Waals surface area contributed by atoms with Crippen LogP contribution in [0.1, 0.15) is 0 Å². The van der Waals surface area contributed by atoms with Gasteiger partial charge in [-0.15, -0.1) is 4.39 Å². The summed E-state index contributed by atoms with van der Waals surface area (Å²) in [4.78, 5) is 0. The number of alkyl halides is 7. The first kappa shape index (κ1) is 12.5. The molecule has 0 saturated carbocycles. The van der Waals surface area contributed by atoms with Crippen molar-refractivity contribution in [2.45, 2.75) is 18.2 Å². The lowest BCUT2D eigenvalue weighted by Crippen LogP contribution is -2.58. The van der Waals surface area contributed by atoms with E-state index in [1.54, 1.807) is 0 Å². The maximum absolute atomic E-state index is 12.6. The fraction of sp³-hybridized carbons (Fsp3) is 1.00. The summed E-state index contributed by atoms with van der Waals surface area (Å²) in [6.45, 7) is 0. The normalized spacial score (nSPS) is 15.2. The lowest BCUT2D eigenvalue weighted by atomic mass is 10.3. The van der Waals surface area contributed by atoms with Crippen LogP contribution in [0.3, 0.4) is 0 Å². The molecule has 0 radical (unpaired) electrons. The molecular weight excluding hydrogens is 209 g/mol. The second-order valence-electron chi connectivity index (χ2n) is 2.41. The highest BCUT2D eigenvalue weighted by Gasteiger charge is 2.81. The first-order valence-electron chi connectivity index (χ1n) is 2.84. The van der Waals surface area contributed by atoms with Crippen LogP contribution in [0.2, 0.25) is 0 Å². The van der Waals surface area contributed by atoms with Gasteiger partial charge in [0.25, 0.3) is 0 Å². The van der Waals surface area contributed by atoms with Crippen LogP contribution in [0, 0.1) is 0 Å². The van der Waals surface area contributed by atoms with Gasteiger partial charge < -0.3 is 4.37 Å². The molecule has 8 heteroatoms. The van der Waals surface area contributed by atoms with E-state index in [0.717, 1.165) is 0 Å². The van der Waals surface area contributed by atoms with Crippen LogP contribution in [0.5, 0.6) is 0 Å². The molecule has 0 rings (SSSR count). The molecule has 1 nitrogen and oxygen atoms in total. The standard InChI is InChI=1S/C5H6F7O/c1-13(2)3(6,4(7,8)9)5(10,11)12/h1-2H3/q+1. The third-order valence-corrected chi connectivity index (χ3v) is 1.29. The number of halogens is 7. The molecule has 0 amide bonds. The average Bonchev–Trinajstić information content (AvgIpc) is 1.80. The molecule has 0 aliphatic rings. The molecule has 0 heterocycles. The van der Waals surface area contributed by atoms with E-state index in [2.05, 4.69) is 0 Å². The molecule has 13 heavy (non-hydrogen) atoms. The summed E-state index contributed by atoms with van der Waals surface area (Å²) in [5.41, 5.74) is 0. The third kappa shape index (κ3) is 1.87. The lowest BCUT2D eigenvalue weighted by molar-refractivity contribution is -0.476. The first-order valence-corrected chi connectivity index (χ1v) is 2.84. The Balaban J connectivity index is 5.22. The maximum Gasteiger partial charge on any atom is 0.511 e. The Hall–Kier alpha value is -0.530. The van der Waals surface area contributed by atoms with Crippen LogP contribution in [0.15, 0.2) is 0 Å². The van der Waals surface area contributed by atoms with Crippen molar-refractivity contribution in [3.8, 4) is 0 Å². The van der Waals surface area contributed by atoms with Crippen molar-refractivity contribution >= 4 is 0 Å². The largest absolute Gasteiger partial charge is 0.511 e. The van der Waals surface area contributed by atoms with Gasteiger partial charge in [0, 0.05) is 0 Å². The Kier molecular flexibility index (Phi) is 2.88. The van der Waals surface area contributed by atoms with Crippen molar-refractivity contribution in [1.29, 1.82) is 0 Å². The minimum Gasteiger partial charge on any atom is -0.382 e. The molecule has 0 bridgehead atoms. The topological polar surface area (TPSA) is 2.70 Å². The summed E-state index contributed by atoms with van der Waals surface area (Å²) in [5, 5.41) is 0. The van der Waals surface area contributed by atoms with Crippen molar-refractivity contribution in [2.24, 2.45) is 0 Å². The summed E-state index contributed by atoms with van der Waals surface area (Å²) in [5.74, 6) is -5.38. The van der Waals surface area contributed by atoms with E-state index in [1.165, 1.54) is 0 Å². The van der Waals surface area contributed by atoms with E-state index in [9.17, 15) is 30.7 Å². The van der Waals surface area contributed by atoms with Crippen molar-refractivity contribution in [2.75, 3.05) is 14.2 Å². The van der Waals surface area contributed by atoms with Gasteiger partial charge >= 0.3 is 18.2 Å². The fourth-order valence-corrected chi connectivity index (χ4v) is 0.624. The van der Waals surface area contributed by atoms with E-state index < -0.39 is 18.2 Å². The van der Waals surface area contributed by atoms with E-state index >= 15 is 0 Å². The summed E-state index contributed by atoms with van der Waals surface area (Å²) in [7, 11) is 0.558. The molecule has 0 aromatic carbocycles. The molecule has 0 unspecified atom stereocenters. The summed E-state index contributed by atoms with van der Waals surface area (Å²) >= 11 is 0. The third-order valence-electron chi connectivity index (χ3n) is 1.29. The molecule has 0 aromatic heterocycles. The van der Waals surface area contributed by atoms with Gasteiger partial charge in [-0.2, -0.15) is 26.3 Å². The Bertz CT molecular complexity index is 164. The van der Waals surface area contributed by atoms with Crippen LogP contribution in [0.4, 0.5) is 30.7 Å². The number of hydrogen-bond donors (Lipinski definition) is 0. The highest BCUT2D eigenvalue weighted by atomic mass is 19.4. The fourth-order valence-electron chi connectivity index (χ4n) is 0.624. The predicted molar refractivity (Wildman–Crippen MR) is 28.9 cm³/mol. The van der Waals surface area contributed by atoms with Gasteiger partial charge in [-0.25, -0.2) is 0 Å². The zero-order valence-corrected chi connectivity index (χ0v) is 6.55. The predicted octanol–water partition coefficient (Wildman–Crippen LogP) is 2.59.